The number of aryl methyl sites for hydroxylation is 1. The smallest absolute Gasteiger partial charge is 0.410 e. The number of ketones is 1. The molecule has 280 valence electrons. The maximum Gasteiger partial charge on any atom is 0.410 e. The number of amides is 3. The number of ether oxygens (including phenoxy) is 2. The van der Waals surface area contributed by atoms with Crippen molar-refractivity contribution in [1.29, 1.82) is 0 Å². The summed E-state index contributed by atoms with van der Waals surface area (Å²) in [6.07, 6.45) is 6.35. The molecule has 2 saturated carbocycles. The molecule has 1 saturated heterocycles. The third-order valence-electron chi connectivity index (χ3n) is 12.3. The molecule has 0 spiro atoms. The highest BCUT2D eigenvalue weighted by atomic mass is 16.6. The normalized spacial score (nSPS) is 30.0. The first-order valence-corrected chi connectivity index (χ1v) is 19.4. The summed E-state index contributed by atoms with van der Waals surface area (Å²) in [4.78, 5) is 72.8. The molecule has 3 aliphatic heterocycles. The van der Waals surface area contributed by atoms with Gasteiger partial charge in [-0.2, -0.15) is 0 Å². The number of nitrogens with one attached hydrogen (secondary N) is 1. The molecule has 10 nitrogen and oxygen atoms in total. The number of esters is 1. The van der Waals surface area contributed by atoms with Gasteiger partial charge in [0.05, 0.1) is 36.9 Å². The molecule has 3 fully saturated rings. The highest BCUT2D eigenvalue weighted by molar-refractivity contribution is 5.97. The predicted molar refractivity (Wildman–Crippen MR) is 192 cm³/mol. The lowest BCUT2D eigenvalue weighted by molar-refractivity contribution is -0.155. The van der Waals surface area contributed by atoms with E-state index in [4.69, 9.17) is 9.47 Å². The van der Waals surface area contributed by atoms with Gasteiger partial charge in [0.1, 0.15) is 6.10 Å². The minimum atomic E-state index is -0.863. The van der Waals surface area contributed by atoms with E-state index in [-0.39, 0.29) is 61.3 Å². The van der Waals surface area contributed by atoms with Gasteiger partial charge in [0.15, 0.2) is 5.78 Å². The van der Waals surface area contributed by atoms with E-state index in [0.29, 0.717) is 32.0 Å². The Morgan fingerprint density at radius 2 is 1.78 bits per heavy atom. The molecule has 6 rings (SSSR count). The van der Waals surface area contributed by atoms with Crippen LogP contribution in [0.25, 0.3) is 0 Å². The summed E-state index contributed by atoms with van der Waals surface area (Å²) in [5, 5.41) is 3.12. The molecule has 0 radical (unpaired) electrons. The van der Waals surface area contributed by atoms with E-state index >= 15 is 0 Å². The average molecular weight is 706 g/mol. The number of carbonyl (C=O) groups excluding carboxylic acids is 5. The summed E-state index contributed by atoms with van der Waals surface area (Å²) in [6.45, 7) is 13.9. The minimum absolute atomic E-state index is 0.0403. The SMILES string of the molecule is CC[C@@H]1C[C@]1(CC(=O)[C@@H]1CC2CN1C(=O)[C@H](C(C)(C)C)CC(=O)OCC(C)(C)CCCCc1cccc3c1CN(C3)C(=O)O2)C(=O)NCC1CC1. The zero-order valence-corrected chi connectivity index (χ0v) is 31.7. The lowest BCUT2D eigenvalue weighted by Crippen LogP contribution is -2.48. The molecular weight excluding hydrogens is 646 g/mol. The van der Waals surface area contributed by atoms with Gasteiger partial charge in [-0.3, -0.25) is 24.1 Å². The molecule has 10 heteroatoms. The Bertz CT molecular complexity index is 1530. The lowest BCUT2D eigenvalue weighted by atomic mass is 9.77. The maximum absolute atomic E-state index is 14.6. The summed E-state index contributed by atoms with van der Waals surface area (Å²) in [7, 11) is 0. The van der Waals surface area contributed by atoms with Gasteiger partial charge in [0.2, 0.25) is 11.8 Å². The van der Waals surface area contributed by atoms with Crippen LogP contribution in [0.15, 0.2) is 18.2 Å². The number of rotatable bonds is 7. The van der Waals surface area contributed by atoms with Crippen LogP contribution in [-0.2, 0) is 48.2 Å². The molecule has 3 heterocycles. The monoisotopic (exact) mass is 705 g/mol. The van der Waals surface area contributed by atoms with Gasteiger partial charge in [-0.15, -0.1) is 0 Å². The number of hydrogen-bond donors (Lipinski definition) is 1. The lowest BCUT2D eigenvalue weighted by Gasteiger charge is -2.35. The summed E-state index contributed by atoms with van der Waals surface area (Å²) >= 11 is 0. The van der Waals surface area contributed by atoms with Crippen molar-refractivity contribution in [3.05, 3.63) is 34.9 Å². The van der Waals surface area contributed by atoms with Crippen LogP contribution >= 0.6 is 0 Å². The van der Waals surface area contributed by atoms with Gasteiger partial charge in [0.25, 0.3) is 0 Å². The molecule has 51 heavy (non-hydrogen) atoms. The van der Waals surface area contributed by atoms with Gasteiger partial charge in [0, 0.05) is 32.5 Å². The van der Waals surface area contributed by atoms with Crippen molar-refractivity contribution in [1.82, 2.24) is 15.1 Å². The first-order chi connectivity index (χ1) is 24.1. The second kappa shape index (κ2) is 14.5. The third kappa shape index (κ3) is 8.46. The van der Waals surface area contributed by atoms with Crippen LogP contribution in [-0.4, -0.2) is 71.3 Å². The molecule has 5 aliphatic rings. The van der Waals surface area contributed by atoms with Crippen molar-refractivity contribution in [2.24, 2.45) is 34.0 Å². The van der Waals surface area contributed by atoms with E-state index < -0.39 is 41.0 Å². The highest BCUT2D eigenvalue weighted by Gasteiger charge is 2.61. The standard InChI is InChI=1S/C41H59N3O7/c1-7-29-19-41(29,37(48)42-21-26-14-15-26)20-34(45)33-17-30-23-44(33)36(47)32(39(2,3)4)18-35(46)50-25-40(5,6)16-9-8-11-27-12-10-13-28-22-43(24-31(27)28)38(49)51-30/h10,12-13,26,29-30,32-33H,7-9,11,14-25H2,1-6H3,(H,42,48)/t29-,30?,32-,33+,41-/m1/s1. The molecule has 3 amide bonds. The van der Waals surface area contributed by atoms with E-state index in [1.807, 2.05) is 33.8 Å². The number of hydrogen-bond acceptors (Lipinski definition) is 7. The van der Waals surface area contributed by atoms with Crippen LogP contribution in [0.4, 0.5) is 4.79 Å². The van der Waals surface area contributed by atoms with Crippen LogP contribution in [0.3, 0.4) is 0 Å². The number of benzene rings is 1. The van der Waals surface area contributed by atoms with Crippen molar-refractivity contribution in [2.75, 3.05) is 19.7 Å². The van der Waals surface area contributed by atoms with Gasteiger partial charge in [-0.1, -0.05) is 72.6 Å². The third-order valence-corrected chi connectivity index (χ3v) is 12.3. The molecule has 5 atom stereocenters. The molecule has 1 aromatic rings. The fourth-order valence-corrected chi connectivity index (χ4v) is 8.61. The predicted octanol–water partition coefficient (Wildman–Crippen LogP) is 6.36. The van der Waals surface area contributed by atoms with Crippen LogP contribution in [0.1, 0.15) is 122 Å². The number of fused-ring (bicyclic) bond motifs is 3. The Labute approximate surface area is 303 Å². The van der Waals surface area contributed by atoms with E-state index in [0.717, 1.165) is 50.5 Å². The number of Topliss-reactive ketones (excluding diaryl/α,β-unsaturated/α-hetero) is 1. The maximum atomic E-state index is 14.6. The van der Waals surface area contributed by atoms with Crippen LogP contribution in [0.2, 0.25) is 0 Å². The van der Waals surface area contributed by atoms with E-state index in [1.165, 1.54) is 11.1 Å². The van der Waals surface area contributed by atoms with Gasteiger partial charge in [-0.05, 0) is 77.9 Å². The Balaban J connectivity index is 1.26. The first kappa shape index (κ1) is 37.3. The van der Waals surface area contributed by atoms with Crippen molar-refractivity contribution in [3.63, 3.8) is 0 Å². The Kier molecular flexibility index (Phi) is 10.6. The van der Waals surface area contributed by atoms with Crippen LogP contribution in [0, 0.1) is 34.0 Å². The summed E-state index contributed by atoms with van der Waals surface area (Å²) in [5.74, 6) is -1.13. The van der Waals surface area contributed by atoms with Gasteiger partial charge in [-0.25, -0.2) is 4.79 Å². The van der Waals surface area contributed by atoms with Crippen molar-refractivity contribution in [2.45, 2.75) is 137 Å². The molecule has 1 N–H and O–H groups in total. The molecule has 1 unspecified atom stereocenters. The molecule has 0 aromatic heterocycles. The summed E-state index contributed by atoms with van der Waals surface area (Å²) < 4.78 is 11.9. The van der Waals surface area contributed by atoms with E-state index in [9.17, 15) is 24.0 Å². The van der Waals surface area contributed by atoms with Crippen molar-refractivity contribution < 1.29 is 33.4 Å². The largest absolute Gasteiger partial charge is 0.465 e. The summed E-state index contributed by atoms with van der Waals surface area (Å²) in [5.41, 5.74) is 1.91. The number of cyclic esters (lactones) is 1. The number of carbonyl (C=O) groups is 5. The summed E-state index contributed by atoms with van der Waals surface area (Å²) in [6, 6.07) is 5.38. The second-order valence-corrected chi connectivity index (χ2v) is 18.1. The molecule has 4 bridgehead atoms. The van der Waals surface area contributed by atoms with Crippen LogP contribution < -0.4 is 5.32 Å². The van der Waals surface area contributed by atoms with Crippen LogP contribution in [0.5, 0.6) is 0 Å². The molecule has 2 aliphatic carbocycles. The topological polar surface area (TPSA) is 122 Å². The van der Waals surface area contributed by atoms with Gasteiger partial charge >= 0.3 is 12.1 Å². The van der Waals surface area contributed by atoms with Crippen molar-refractivity contribution >= 4 is 29.7 Å². The minimum Gasteiger partial charge on any atom is -0.465 e. The molecular formula is C41H59N3O7. The van der Waals surface area contributed by atoms with Crippen molar-refractivity contribution in [3.8, 4) is 0 Å². The van der Waals surface area contributed by atoms with E-state index in [2.05, 4.69) is 31.3 Å². The van der Waals surface area contributed by atoms with Gasteiger partial charge < -0.3 is 19.7 Å². The fourth-order valence-electron chi connectivity index (χ4n) is 8.61. The zero-order chi connectivity index (χ0) is 36.7. The number of nitrogens with zero attached hydrogens (tertiary/aromatic N) is 2. The Morgan fingerprint density at radius 3 is 2.47 bits per heavy atom. The van der Waals surface area contributed by atoms with E-state index in [1.54, 1.807) is 9.80 Å². The zero-order valence-electron chi connectivity index (χ0n) is 31.7. The fraction of sp³-hybridized carbons (Fsp3) is 0.732. The molecule has 1 aromatic carbocycles. The Morgan fingerprint density at radius 1 is 1.04 bits per heavy atom. The highest BCUT2D eigenvalue weighted by Crippen LogP contribution is 2.58. The first-order valence-electron chi connectivity index (χ1n) is 19.4. The second-order valence-electron chi connectivity index (χ2n) is 18.1. The quantitative estimate of drug-likeness (QED) is 0.328. The average Bonchev–Trinajstić information content (AvgIpc) is 3.94. The Hall–Kier alpha value is -3.43.